The van der Waals surface area contributed by atoms with Gasteiger partial charge in [-0.2, -0.15) is 0 Å². The lowest BCUT2D eigenvalue weighted by Gasteiger charge is -2.11. The molecule has 1 aliphatic rings. The van der Waals surface area contributed by atoms with Crippen LogP contribution in [0.1, 0.15) is 24.1 Å². The van der Waals surface area contributed by atoms with Crippen LogP contribution in [0.5, 0.6) is 0 Å². The van der Waals surface area contributed by atoms with Crippen LogP contribution in [0.25, 0.3) is 12.2 Å². The Labute approximate surface area is 139 Å². The van der Waals surface area contributed by atoms with Gasteiger partial charge in [0.05, 0.1) is 11.8 Å². The lowest BCUT2D eigenvalue weighted by molar-refractivity contribution is -0.126. The lowest BCUT2D eigenvalue weighted by atomic mass is 10.2. The highest BCUT2D eigenvalue weighted by atomic mass is 32.1. The Bertz CT molecular complexity index is 684. The normalized spacial score (nSPS) is 20.9. The summed E-state index contributed by atoms with van der Waals surface area (Å²) in [7, 11) is 0. The summed E-state index contributed by atoms with van der Waals surface area (Å²) in [6.45, 7) is 0.454. The van der Waals surface area contributed by atoms with Crippen molar-refractivity contribution in [3.8, 4) is 0 Å². The third-order valence-corrected chi connectivity index (χ3v) is 4.44. The number of amides is 1. The zero-order valence-electron chi connectivity index (χ0n) is 12.6. The van der Waals surface area contributed by atoms with E-state index in [1.165, 1.54) is 11.3 Å². The second-order valence-electron chi connectivity index (χ2n) is 5.37. The molecule has 1 aliphatic heterocycles. The first-order valence-electron chi connectivity index (χ1n) is 7.59. The van der Waals surface area contributed by atoms with E-state index in [0.717, 1.165) is 17.7 Å². The number of hydrogen-bond donors (Lipinski definition) is 2. The van der Waals surface area contributed by atoms with Gasteiger partial charge in [0, 0.05) is 11.9 Å². The van der Waals surface area contributed by atoms with Crippen molar-refractivity contribution in [3.63, 3.8) is 0 Å². The third-order valence-electron chi connectivity index (χ3n) is 3.66. The fraction of sp³-hybridized carbons (Fsp3) is 0.294. The van der Waals surface area contributed by atoms with Crippen LogP contribution >= 0.6 is 11.3 Å². The number of aromatic nitrogens is 1. The zero-order valence-corrected chi connectivity index (χ0v) is 13.5. The fourth-order valence-corrected chi connectivity index (χ4v) is 3.10. The van der Waals surface area contributed by atoms with E-state index in [1.54, 1.807) is 0 Å². The van der Waals surface area contributed by atoms with E-state index in [0.29, 0.717) is 18.1 Å². The molecule has 0 spiro atoms. The van der Waals surface area contributed by atoms with Crippen molar-refractivity contribution < 1.29 is 9.53 Å². The van der Waals surface area contributed by atoms with Crippen LogP contribution in [0, 0.1) is 0 Å². The lowest BCUT2D eigenvalue weighted by Crippen LogP contribution is -2.29. The van der Waals surface area contributed by atoms with Crippen molar-refractivity contribution in [1.82, 2.24) is 4.98 Å². The number of hydrogen-bond acceptors (Lipinski definition) is 5. The predicted molar refractivity (Wildman–Crippen MR) is 93.1 cm³/mol. The number of thiazole rings is 1. The molecule has 0 saturated carbocycles. The molecular weight excluding hydrogens is 310 g/mol. The molecule has 1 aromatic heterocycles. The van der Waals surface area contributed by atoms with Crippen LogP contribution in [-0.4, -0.2) is 29.6 Å². The Kier molecular flexibility index (Phi) is 5.17. The number of carbonyl (C=O) groups excluding carboxylic acids is 1. The molecule has 0 unspecified atom stereocenters. The highest BCUT2D eigenvalue weighted by Gasteiger charge is 2.30. The summed E-state index contributed by atoms with van der Waals surface area (Å²) in [5.41, 5.74) is 7.49. The summed E-state index contributed by atoms with van der Waals surface area (Å²) >= 11 is 1.40. The number of rotatable bonds is 5. The summed E-state index contributed by atoms with van der Waals surface area (Å²) in [6, 6.07) is 10.0. The van der Waals surface area contributed by atoms with E-state index < -0.39 is 6.10 Å². The number of carbonyl (C=O) groups is 1. The largest absolute Gasteiger partial charge is 0.364 e. The number of nitrogens with two attached hydrogens (primary N) is 1. The van der Waals surface area contributed by atoms with E-state index in [2.05, 4.69) is 10.3 Å². The third kappa shape index (κ3) is 4.25. The Morgan fingerprint density at radius 3 is 2.91 bits per heavy atom. The summed E-state index contributed by atoms with van der Waals surface area (Å²) in [6.07, 6.45) is 5.03. The standard InChI is InChI=1S/C17H19N3O2S/c18-10-14-8-9-15(22-14)16(21)20-17-19-13(11-23-17)7-6-12-4-2-1-3-5-12/h1-7,11,14-15H,8-10,18H2,(H,19,20,21)/b7-6+/t14-,15+/m1/s1. The minimum atomic E-state index is -0.421. The topological polar surface area (TPSA) is 77.2 Å². The maximum absolute atomic E-state index is 12.1. The average molecular weight is 329 g/mol. The Hall–Kier alpha value is -2.02. The molecule has 1 fully saturated rings. The molecule has 23 heavy (non-hydrogen) atoms. The Morgan fingerprint density at radius 1 is 1.35 bits per heavy atom. The number of anilines is 1. The molecule has 3 N–H and O–H groups in total. The predicted octanol–water partition coefficient (Wildman–Crippen LogP) is 2.76. The first kappa shape index (κ1) is 15.9. The molecule has 2 aromatic rings. The Morgan fingerprint density at radius 2 is 2.17 bits per heavy atom. The molecule has 0 radical (unpaired) electrons. The van der Waals surface area contributed by atoms with Gasteiger partial charge in [-0.05, 0) is 24.5 Å². The van der Waals surface area contributed by atoms with Crippen LogP contribution in [0.3, 0.4) is 0 Å². The number of nitrogens with one attached hydrogen (secondary N) is 1. The van der Waals surface area contributed by atoms with Crippen molar-refractivity contribution >= 4 is 34.5 Å². The van der Waals surface area contributed by atoms with Crippen LogP contribution in [0.15, 0.2) is 35.7 Å². The van der Waals surface area contributed by atoms with Crippen molar-refractivity contribution in [2.45, 2.75) is 25.0 Å². The first-order chi connectivity index (χ1) is 11.2. The van der Waals surface area contributed by atoms with Crippen molar-refractivity contribution in [1.29, 1.82) is 0 Å². The van der Waals surface area contributed by atoms with E-state index in [9.17, 15) is 4.79 Å². The maximum atomic E-state index is 12.1. The quantitative estimate of drug-likeness (QED) is 0.884. The molecule has 3 rings (SSSR count). The molecule has 5 nitrogen and oxygen atoms in total. The molecule has 1 saturated heterocycles. The van der Waals surface area contributed by atoms with Gasteiger partial charge in [-0.25, -0.2) is 4.98 Å². The van der Waals surface area contributed by atoms with E-state index in [1.807, 2.05) is 47.9 Å². The molecule has 2 heterocycles. The monoisotopic (exact) mass is 329 g/mol. The van der Waals surface area contributed by atoms with Gasteiger partial charge in [0.1, 0.15) is 6.10 Å². The van der Waals surface area contributed by atoms with Gasteiger partial charge in [-0.3, -0.25) is 10.1 Å². The van der Waals surface area contributed by atoms with Gasteiger partial charge in [-0.15, -0.1) is 11.3 Å². The number of nitrogens with zero attached hydrogens (tertiary/aromatic N) is 1. The smallest absolute Gasteiger partial charge is 0.255 e. The van der Waals surface area contributed by atoms with Gasteiger partial charge < -0.3 is 10.5 Å². The second kappa shape index (κ2) is 7.50. The van der Waals surface area contributed by atoms with E-state index in [4.69, 9.17) is 10.5 Å². The fourth-order valence-electron chi connectivity index (χ4n) is 2.42. The van der Waals surface area contributed by atoms with E-state index >= 15 is 0 Å². The van der Waals surface area contributed by atoms with Crippen molar-refractivity contribution in [2.24, 2.45) is 5.73 Å². The summed E-state index contributed by atoms with van der Waals surface area (Å²) < 4.78 is 5.58. The van der Waals surface area contributed by atoms with E-state index in [-0.39, 0.29) is 12.0 Å². The zero-order chi connectivity index (χ0) is 16.1. The minimum Gasteiger partial charge on any atom is -0.364 e. The summed E-state index contributed by atoms with van der Waals surface area (Å²) in [4.78, 5) is 16.5. The molecule has 1 aromatic carbocycles. The van der Waals surface area contributed by atoms with Crippen molar-refractivity contribution in [3.05, 3.63) is 47.0 Å². The second-order valence-corrected chi connectivity index (χ2v) is 6.23. The Balaban J connectivity index is 1.57. The highest BCUT2D eigenvalue weighted by Crippen LogP contribution is 2.22. The van der Waals surface area contributed by atoms with Gasteiger partial charge in [0.25, 0.3) is 5.91 Å². The van der Waals surface area contributed by atoms with Gasteiger partial charge in [0.15, 0.2) is 5.13 Å². The van der Waals surface area contributed by atoms with Crippen molar-refractivity contribution in [2.75, 3.05) is 11.9 Å². The average Bonchev–Trinajstić information content (AvgIpc) is 3.23. The molecule has 120 valence electrons. The molecule has 0 aliphatic carbocycles. The SMILES string of the molecule is NC[C@H]1CC[C@@H](C(=O)Nc2nc(/C=C/c3ccccc3)cs2)O1. The highest BCUT2D eigenvalue weighted by molar-refractivity contribution is 7.14. The molecule has 2 atom stereocenters. The van der Waals surface area contributed by atoms with Gasteiger partial charge >= 0.3 is 0 Å². The molecule has 6 heteroatoms. The number of ether oxygens (including phenoxy) is 1. The maximum Gasteiger partial charge on any atom is 0.255 e. The molecule has 0 bridgehead atoms. The van der Waals surface area contributed by atoms with Crippen LogP contribution in [0.2, 0.25) is 0 Å². The minimum absolute atomic E-state index is 0.00795. The first-order valence-corrected chi connectivity index (χ1v) is 8.47. The van der Waals surface area contributed by atoms with Crippen LogP contribution < -0.4 is 11.1 Å². The van der Waals surface area contributed by atoms with Gasteiger partial charge in [-0.1, -0.05) is 36.4 Å². The number of benzene rings is 1. The summed E-state index contributed by atoms with van der Waals surface area (Å²) in [5, 5.41) is 5.31. The van der Waals surface area contributed by atoms with Crippen LogP contribution in [0.4, 0.5) is 5.13 Å². The summed E-state index contributed by atoms with van der Waals surface area (Å²) in [5.74, 6) is -0.145. The van der Waals surface area contributed by atoms with Crippen LogP contribution in [-0.2, 0) is 9.53 Å². The molecule has 1 amide bonds. The molecular formula is C17H19N3O2S. The van der Waals surface area contributed by atoms with Gasteiger partial charge in [0.2, 0.25) is 0 Å².